The fourth-order valence-corrected chi connectivity index (χ4v) is 2.74. The topological polar surface area (TPSA) is 50.4 Å². The second-order valence-electron chi connectivity index (χ2n) is 1.97. The summed E-state index contributed by atoms with van der Waals surface area (Å²) in [4.78, 5) is 0. The molecule has 0 unspecified atom stereocenters. The number of hydrogen-bond donors (Lipinski definition) is 2. The van der Waals surface area contributed by atoms with E-state index in [1.807, 2.05) is 23.5 Å². The van der Waals surface area contributed by atoms with Crippen LogP contribution in [0.15, 0.2) is 5.10 Å². The van der Waals surface area contributed by atoms with E-state index in [4.69, 9.17) is 5.73 Å². The van der Waals surface area contributed by atoms with Gasteiger partial charge in [0.15, 0.2) is 5.11 Å². The highest BCUT2D eigenvalue weighted by Gasteiger charge is 2.06. The number of thioether (sulfide) groups is 2. The molecule has 0 aromatic carbocycles. The van der Waals surface area contributed by atoms with Crippen LogP contribution in [0.4, 0.5) is 0 Å². The van der Waals surface area contributed by atoms with Crippen LogP contribution in [0.5, 0.6) is 0 Å². The summed E-state index contributed by atoms with van der Waals surface area (Å²) < 4.78 is 0. The number of nitrogens with zero attached hydrogens (tertiary/aromatic N) is 1. The van der Waals surface area contributed by atoms with Gasteiger partial charge in [0.1, 0.15) is 0 Å². The molecule has 1 fully saturated rings. The summed E-state index contributed by atoms with van der Waals surface area (Å²) in [5, 5.41) is 5.43. The molecule has 1 aliphatic rings. The Balaban J connectivity index is 2.32. The van der Waals surface area contributed by atoms with Crippen molar-refractivity contribution >= 4 is 46.6 Å². The Morgan fingerprint density at radius 1 is 1.55 bits per heavy atom. The van der Waals surface area contributed by atoms with Gasteiger partial charge < -0.3 is 5.73 Å². The Bertz CT molecular complexity index is 172. The van der Waals surface area contributed by atoms with E-state index in [1.165, 1.54) is 0 Å². The van der Waals surface area contributed by atoms with Gasteiger partial charge in [-0.15, -0.1) is 23.5 Å². The van der Waals surface area contributed by atoms with E-state index in [9.17, 15) is 0 Å². The van der Waals surface area contributed by atoms with Gasteiger partial charge in [0.25, 0.3) is 0 Å². The van der Waals surface area contributed by atoms with E-state index in [1.54, 1.807) is 0 Å². The Kier molecular flexibility index (Phi) is 4.03. The summed E-state index contributed by atoms with van der Waals surface area (Å²) in [6.07, 6.45) is 0. The summed E-state index contributed by atoms with van der Waals surface area (Å²) in [6, 6.07) is 0. The maximum absolute atomic E-state index is 5.21. The van der Waals surface area contributed by atoms with Crippen molar-refractivity contribution in [1.29, 1.82) is 0 Å². The van der Waals surface area contributed by atoms with Crippen molar-refractivity contribution in [3.05, 3.63) is 0 Å². The lowest BCUT2D eigenvalue weighted by Gasteiger charge is -2.11. The van der Waals surface area contributed by atoms with Crippen molar-refractivity contribution in [3.8, 4) is 0 Å². The highest BCUT2D eigenvalue weighted by atomic mass is 32.2. The fourth-order valence-electron chi connectivity index (χ4n) is 0.618. The summed E-state index contributed by atoms with van der Waals surface area (Å²) >= 11 is 8.34. The van der Waals surface area contributed by atoms with Crippen LogP contribution in [0.2, 0.25) is 0 Å². The van der Waals surface area contributed by atoms with Crippen molar-refractivity contribution in [2.45, 2.75) is 0 Å². The van der Waals surface area contributed by atoms with Crippen molar-refractivity contribution in [1.82, 2.24) is 5.43 Å². The average Bonchev–Trinajstić information content (AvgIpc) is 2.03. The van der Waals surface area contributed by atoms with Crippen molar-refractivity contribution in [3.63, 3.8) is 0 Å². The minimum absolute atomic E-state index is 0.234. The number of nitrogens with one attached hydrogen (secondary N) is 1. The number of rotatable bonds is 1. The molecule has 1 aliphatic heterocycles. The van der Waals surface area contributed by atoms with Crippen molar-refractivity contribution < 1.29 is 0 Å². The predicted octanol–water partition coefficient (Wildman–Crippen LogP) is 0.613. The minimum atomic E-state index is 0.234. The van der Waals surface area contributed by atoms with Gasteiger partial charge in [-0.05, 0) is 12.2 Å². The maximum atomic E-state index is 5.21. The van der Waals surface area contributed by atoms with Crippen LogP contribution >= 0.6 is 35.7 Å². The molecule has 3 N–H and O–H groups in total. The monoisotopic (exact) mass is 207 g/mol. The zero-order chi connectivity index (χ0) is 8.10. The third-order valence-electron chi connectivity index (χ3n) is 1.03. The molecule has 0 aliphatic carbocycles. The van der Waals surface area contributed by atoms with Crippen LogP contribution in [0.1, 0.15) is 0 Å². The Hall–Kier alpha value is 0.0600. The van der Waals surface area contributed by atoms with Crippen LogP contribution in [-0.4, -0.2) is 27.4 Å². The van der Waals surface area contributed by atoms with E-state index >= 15 is 0 Å². The molecule has 0 aromatic heterocycles. The number of hydrazone groups is 1. The molecule has 0 atom stereocenters. The fraction of sp³-hybridized carbons (Fsp3) is 0.600. The van der Waals surface area contributed by atoms with Gasteiger partial charge in [0.05, 0.1) is 5.71 Å². The first kappa shape index (κ1) is 9.15. The Morgan fingerprint density at radius 3 is 2.73 bits per heavy atom. The van der Waals surface area contributed by atoms with Gasteiger partial charge in [0, 0.05) is 16.6 Å². The minimum Gasteiger partial charge on any atom is -0.375 e. The first-order valence-electron chi connectivity index (χ1n) is 3.05. The third-order valence-corrected chi connectivity index (χ3v) is 3.53. The van der Waals surface area contributed by atoms with E-state index in [0.717, 1.165) is 22.3 Å². The first-order chi connectivity index (χ1) is 5.29. The van der Waals surface area contributed by atoms with Crippen LogP contribution < -0.4 is 11.2 Å². The van der Waals surface area contributed by atoms with Crippen LogP contribution in [0.3, 0.4) is 0 Å². The van der Waals surface area contributed by atoms with Crippen molar-refractivity contribution in [2.24, 2.45) is 10.8 Å². The number of hydrogen-bond acceptors (Lipinski definition) is 4. The van der Waals surface area contributed by atoms with E-state index in [-0.39, 0.29) is 5.11 Å². The van der Waals surface area contributed by atoms with Crippen LogP contribution in [0, 0.1) is 0 Å². The summed E-state index contributed by atoms with van der Waals surface area (Å²) in [7, 11) is 0. The van der Waals surface area contributed by atoms with E-state index in [2.05, 4.69) is 22.7 Å². The van der Waals surface area contributed by atoms with Crippen LogP contribution in [-0.2, 0) is 0 Å². The van der Waals surface area contributed by atoms with E-state index < -0.39 is 0 Å². The molecule has 0 bridgehead atoms. The van der Waals surface area contributed by atoms with E-state index in [0.29, 0.717) is 0 Å². The lowest BCUT2D eigenvalue weighted by atomic mass is 10.5. The summed E-state index contributed by atoms with van der Waals surface area (Å²) in [6.45, 7) is 0. The van der Waals surface area contributed by atoms with Gasteiger partial charge in [0.2, 0.25) is 0 Å². The number of thiocarbonyl (C=S) groups is 1. The SMILES string of the molecule is NC(=S)NN=C1CSCSC1. The van der Waals surface area contributed by atoms with Gasteiger partial charge >= 0.3 is 0 Å². The summed E-state index contributed by atoms with van der Waals surface area (Å²) in [5.41, 5.74) is 8.92. The molecule has 1 saturated heterocycles. The molecule has 62 valence electrons. The smallest absolute Gasteiger partial charge is 0.184 e. The summed E-state index contributed by atoms with van der Waals surface area (Å²) in [5.74, 6) is 1.98. The molecular formula is C5H9N3S3. The molecule has 6 heteroatoms. The molecule has 11 heavy (non-hydrogen) atoms. The lowest BCUT2D eigenvalue weighted by Crippen LogP contribution is -2.27. The van der Waals surface area contributed by atoms with Crippen molar-refractivity contribution in [2.75, 3.05) is 16.6 Å². The highest BCUT2D eigenvalue weighted by molar-refractivity contribution is 8.17. The van der Waals surface area contributed by atoms with Gasteiger partial charge in [-0.2, -0.15) is 5.10 Å². The molecule has 0 spiro atoms. The van der Waals surface area contributed by atoms with Gasteiger partial charge in [-0.3, -0.25) is 5.43 Å². The molecule has 0 saturated carbocycles. The largest absolute Gasteiger partial charge is 0.375 e. The zero-order valence-corrected chi connectivity index (χ0v) is 8.32. The molecule has 1 rings (SSSR count). The quantitative estimate of drug-likeness (QED) is 0.487. The third kappa shape index (κ3) is 3.83. The normalized spacial score (nSPS) is 17.6. The zero-order valence-electron chi connectivity index (χ0n) is 5.87. The maximum Gasteiger partial charge on any atom is 0.184 e. The molecule has 1 heterocycles. The van der Waals surface area contributed by atoms with Gasteiger partial charge in [-0.1, -0.05) is 0 Å². The molecule has 0 radical (unpaired) electrons. The Morgan fingerprint density at radius 2 is 2.18 bits per heavy atom. The molecule has 0 amide bonds. The molecule has 0 aromatic rings. The second-order valence-corrected chi connectivity index (χ2v) is 4.75. The number of nitrogens with two attached hydrogens (primary N) is 1. The van der Waals surface area contributed by atoms with Crippen LogP contribution in [0.25, 0.3) is 0 Å². The van der Waals surface area contributed by atoms with Gasteiger partial charge in [-0.25, -0.2) is 0 Å². The average molecular weight is 207 g/mol. The second kappa shape index (κ2) is 4.84. The molecule has 3 nitrogen and oxygen atoms in total. The lowest BCUT2D eigenvalue weighted by molar-refractivity contribution is 1.03. The Labute approximate surface area is 79.6 Å². The molecular weight excluding hydrogens is 198 g/mol. The predicted molar refractivity (Wildman–Crippen MR) is 57.1 cm³/mol. The highest BCUT2D eigenvalue weighted by Crippen LogP contribution is 2.18. The standard InChI is InChI=1S/C5H9N3S3/c6-5(9)8-7-4-1-10-3-11-2-4/h1-3H2,(H3,6,8,9). The first-order valence-corrected chi connectivity index (χ1v) is 5.77.